The van der Waals surface area contributed by atoms with E-state index in [2.05, 4.69) is 55.5 Å². The van der Waals surface area contributed by atoms with Crippen molar-refractivity contribution in [3.05, 3.63) is 60.8 Å². The van der Waals surface area contributed by atoms with Gasteiger partial charge in [-0.25, -0.2) is 0 Å². The van der Waals surface area contributed by atoms with E-state index in [-0.39, 0.29) is 6.42 Å². The molecule has 1 saturated heterocycles. The number of carboxylic acids is 1. The SMILES string of the molecule is CC/C=C/C[C@@H]1O[C@@H]1C/C=C/C/C=C/C/C=C/C/C=C/CCC(=O)O. The molecular weight excluding hydrogens is 312 g/mol. The Labute approximate surface area is 152 Å². The number of epoxide rings is 1. The number of hydrogen-bond acceptors (Lipinski definition) is 2. The van der Waals surface area contributed by atoms with Gasteiger partial charge >= 0.3 is 5.97 Å². The molecule has 0 saturated carbocycles. The molecular formula is C22H32O3. The molecule has 1 rings (SSSR count). The van der Waals surface area contributed by atoms with Gasteiger partial charge in [-0.2, -0.15) is 0 Å². The van der Waals surface area contributed by atoms with Gasteiger partial charge in [-0.15, -0.1) is 0 Å². The number of hydrogen-bond donors (Lipinski definition) is 1. The Hall–Kier alpha value is -1.87. The maximum absolute atomic E-state index is 10.3. The van der Waals surface area contributed by atoms with Gasteiger partial charge < -0.3 is 9.84 Å². The van der Waals surface area contributed by atoms with Crippen molar-refractivity contribution in [2.24, 2.45) is 0 Å². The van der Waals surface area contributed by atoms with Crippen LogP contribution in [0.4, 0.5) is 0 Å². The van der Waals surface area contributed by atoms with Gasteiger partial charge in [0.05, 0.1) is 12.2 Å². The molecule has 0 amide bonds. The number of carbonyl (C=O) groups is 1. The van der Waals surface area contributed by atoms with Gasteiger partial charge in [-0.05, 0) is 44.9 Å². The van der Waals surface area contributed by atoms with Crippen LogP contribution in [0, 0.1) is 0 Å². The van der Waals surface area contributed by atoms with E-state index in [0.717, 1.165) is 38.5 Å². The van der Waals surface area contributed by atoms with Gasteiger partial charge in [-0.1, -0.05) is 67.7 Å². The molecule has 0 aliphatic carbocycles. The second-order valence-electron chi connectivity index (χ2n) is 6.09. The van der Waals surface area contributed by atoms with Gasteiger partial charge in [0, 0.05) is 6.42 Å². The first-order valence-corrected chi connectivity index (χ1v) is 9.36. The summed E-state index contributed by atoms with van der Waals surface area (Å²) in [6.07, 6.45) is 29.0. The van der Waals surface area contributed by atoms with E-state index >= 15 is 0 Å². The molecule has 1 aliphatic heterocycles. The highest BCUT2D eigenvalue weighted by Crippen LogP contribution is 2.28. The van der Waals surface area contributed by atoms with Crippen LogP contribution in [-0.4, -0.2) is 23.3 Å². The van der Waals surface area contributed by atoms with Crippen LogP contribution < -0.4 is 0 Å². The van der Waals surface area contributed by atoms with Crippen LogP contribution in [0.25, 0.3) is 0 Å². The molecule has 0 spiro atoms. The van der Waals surface area contributed by atoms with E-state index in [0.29, 0.717) is 18.6 Å². The third-order valence-electron chi connectivity index (χ3n) is 3.83. The summed E-state index contributed by atoms with van der Waals surface area (Å²) in [4.78, 5) is 10.3. The van der Waals surface area contributed by atoms with E-state index in [1.165, 1.54) is 0 Å². The highest BCUT2D eigenvalue weighted by Gasteiger charge is 2.35. The fourth-order valence-electron chi connectivity index (χ4n) is 2.36. The molecule has 25 heavy (non-hydrogen) atoms. The first kappa shape index (κ1) is 21.2. The zero-order valence-electron chi connectivity index (χ0n) is 15.3. The molecule has 138 valence electrons. The molecule has 0 aromatic heterocycles. The molecule has 0 aromatic carbocycles. The molecule has 1 fully saturated rings. The number of allylic oxidation sites excluding steroid dienone is 8. The molecule has 0 radical (unpaired) electrons. The minimum absolute atomic E-state index is 0.208. The predicted molar refractivity (Wildman–Crippen MR) is 105 cm³/mol. The predicted octanol–water partition coefficient (Wildman–Crippen LogP) is 5.76. The third-order valence-corrected chi connectivity index (χ3v) is 3.83. The van der Waals surface area contributed by atoms with Crippen LogP contribution in [0.5, 0.6) is 0 Å². The summed E-state index contributed by atoms with van der Waals surface area (Å²) in [5, 5.41) is 8.50. The standard InChI is InChI=1S/C22H32O3/c1-2-3-14-17-20-21(25-20)18-15-12-10-8-6-4-5-7-9-11-13-16-19-22(23)24/h3,5-8,11-15,20-21H,2,4,9-10,16-19H2,1H3,(H,23,24)/b7-5+,8-6+,13-11+,14-3+,15-12+/t20-,21+/m0/s1. The van der Waals surface area contributed by atoms with Gasteiger partial charge in [0.15, 0.2) is 0 Å². The van der Waals surface area contributed by atoms with E-state index in [4.69, 9.17) is 9.84 Å². The summed E-state index contributed by atoms with van der Waals surface area (Å²) < 4.78 is 5.62. The summed E-state index contributed by atoms with van der Waals surface area (Å²) >= 11 is 0. The topological polar surface area (TPSA) is 49.8 Å². The minimum Gasteiger partial charge on any atom is -0.481 e. The van der Waals surface area contributed by atoms with Crippen LogP contribution in [0.2, 0.25) is 0 Å². The molecule has 2 atom stereocenters. The maximum atomic E-state index is 10.3. The smallest absolute Gasteiger partial charge is 0.303 e. The van der Waals surface area contributed by atoms with Crippen LogP contribution in [-0.2, 0) is 9.53 Å². The van der Waals surface area contributed by atoms with Crippen LogP contribution in [0.1, 0.15) is 58.3 Å². The van der Waals surface area contributed by atoms with Gasteiger partial charge in [0.2, 0.25) is 0 Å². The summed E-state index contributed by atoms with van der Waals surface area (Å²) in [6.45, 7) is 2.15. The number of ether oxygens (including phenoxy) is 1. The number of aliphatic carboxylic acids is 1. The van der Waals surface area contributed by atoms with Crippen molar-refractivity contribution in [1.82, 2.24) is 0 Å². The summed E-state index contributed by atoms with van der Waals surface area (Å²) in [7, 11) is 0. The molecule has 1 aliphatic rings. The Morgan fingerprint density at radius 2 is 1.28 bits per heavy atom. The maximum Gasteiger partial charge on any atom is 0.303 e. The van der Waals surface area contributed by atoms with Gasteiger partial charge in [-0.3, -0.25) is 4.79 Å². The van der Waals surface area contributed by atoms with Crippen molar-refractivity contribution >= 4 is 5.97 Å². The largest absolute Gasteiger partial charge is 0.481 e. The van der Waals surface area contributed by atoms with Gasteiger partial charge in [0.25, 0.3) is 0 Å². The average Bonchev–Trinajstić information content (AvgIpc) is 3.33. The van der Waals surface area contributed by atoms with Gasteiger partial charge in [0.1, 0.15) is 0 Å². The number of rotatable bonds is 14. The molecule has 1 N–H and O–H groups in total. The Balaban J connectivity index is 1.94. The second-order valence-corrected chi connectivity index (χ2v) is 6.09. The lowest BCUT2D eigenvalue weighted by molar-refractivity contribution is -0.136. The average molecular weight is 344 g/mol. The van der Waals surface area contributed by atoms with Crippen molar-refractivity contribution in [3.8, 4) is 0 Å². The lowest BCUT2D eigenvalue weighted by atomic mass is 10.1. The lowest BCUT2D eigenvalue weighted by Crippen LogP contribution is -1.91. The highest BCUT2D eigenvalue weighted by atomic mass is 16.6. The van der Waals surface area contributed by atoms with E-state index in [1.807, 2.05) is 12.2 Å². The second kappa shape index (κ2) is 14.5. The normalized spacial score (nSPS) is 20.8. The quantitative estimate of drug-likeness (QED) is 0.322. The lowest BCUT2D eigenvalue weighted by Gasteiger charge is -1.88. The Kier molecular flexibility index (Phi) is 12.3. The zero-order valence-corrected chi connectivity index (χ0v) is 15.3. The molecule has 0 unspecified atom stereocenters. The monoisotopic (exact) mass is 344 g/mol. The molecule has 1 heterocycles. The van der Waals surface area contributed by atoms with Crippen molar-refractivity contribution < 1.29 is 14.6 Å². The summed E-state index contributed by atoms with van der Waals surface area (Å²) in [5.41, 5.74) is 0. The van der Waals surface area contributed by atoms with Crippen molar-refractivity contribution in [1.29, 1.82) is 0 Å². The Morgan fingerprint density at radius 1 is 0.800 bits per heavy atom. The Bertz CT molecular complexity index is 497. The van der Waals surface area contributed by atoms with Crippen LogP contribution in [0.3, 0.4) is 0 Å². The van der Waals surface area contributed by atoms with E-state index in [9.17, 15) is 4.79 Å². The molecule has 3 heteroatoms. The molecule has 0 bridgehead atoms. The van der Waals surface area contributed by atoms with E-state index in [1.54, 1.807) is 0 Å². The fraction of sp³-hybridized carbons (Fsp3) is 0.500. The number of carboxylic acid groups (broad SMARTS) is 1. The Morgan fingerprint density at radius 3 is 1.80 bits per heavy atom. The van der Waals surface area contributed by atoms with Crippen molar-refractivity contribution in [2.75, 3.05) is 0 Å². The fourth-order valence-corrected chi connectivity index (χ4v) is 2.36. The first-order chi connectivity index (χ1) is 12.2. The zero-order chi connectivity index (χ0) is 18.2. The van der Waals surface area contributed by atoms with E-state index < -0.39 is 5.97 Å². The summed E-state index contributed by atoms with van der Waals surface area (Å²) in [5.74, 6) is -0.743. The van der Waals surface area contributed by atoms with Crippen LogP contribution in [0.15, 0.2) is 60.8 Å². The van der Waals surface area contributed by atoms with Crippen molar-refractivity contribution in [2.45, 2.75) is 70.5 Å². The molecule has 0 aromatic rings. The third kappa shape index (κ3) is 13.1. The minimum atomic E-state index is -0.743. The van der Waals surface area contributed by atoms with Crippen molar-refractivity contribution in [3.63, 3.8) is 0 Å². The first-order valence-electron chi connectivity index (χ1n) is 9.36. The highest BCUT2D eigenvalue weighted by molar-refractivity contribution is 5.66. The summed E-state index contributed by atoms with van der Waals surface area (Å²) in [6, 6.07) is 0. The molecule has 3 nitrogen and oxygen atoms in total. The van der Waals surface area contributed by atoms with Crippen LogP contribution >= 0.6 is 0 Å².